The van der Waals surface area contributed by atoms with E-state index in [-0.39, 0.29) is 11.5 Å². The fraction of sp³-hybridized carbons (Fsp3) is 0.186. The molecule has 0 radical (unpaired) electrons. The second-order valence-corrected chi connectivity index (χ2v) is 16.5. The minimum absolute atomic E-state index is 0.159. The van der Waals surface area contributed by atoms with Crippen molar-refractivity contribution in [3.8, 4) is 17.2 Å². The van der Waals surface area contributed by atoms with Gasteiger partial charge in [0.2, 0.25) is 0 Å². The van der Waals surface area contributed by atoms with E-state index in [1.807, 2.05) is 113 Å². The van der Waals surface area contributed by atoms with Crippen LogP contribution in [0.3, 0.4) is 0 Å². The first kappa shape index (κ1) is 40.5. The number of pyridine rings is 2. The second-order valence-electron chi connectivity index (χ2n) is 13.1. The summed E-state index contributed by atoms with van der Waals surface area (Å²) in [5.41, 5.74) is 2.08. The zero-order chi connectivity index (χ0) is 39.3. The van der Waals surface area contributed by atoms with Crippen LogP contribution in [-0.4, -0.2) is 41.1 Å². The molecule has 55 heavy (non-hydrogen) atoms. The van der Waals surface area contributed by atoms with E-state index in [9.17, 15) is 17.8 Å². The van der Waals surface area contributed by atoms with Gasteiger partial charge in [-0.25, -0.2) is 13.2 Å². The number of hydrogen-bond acceptors (Lipinski definition) is 10. The maximum Gasteiger partial charge on any atom is 0.344 e. The summed E-state index contributed by atoms with van der Waals surface area (Å²) >= 11 is 0. The van der Waals surface area contributed by atoms with Crippen molar-refractivity contribution in [2.75, 3.05) is 6.61 Å². The third kappa shape index (κ3) is 13.3. The Morgan fingerprint density at radius 1 is 0.636 bits per heavy atom. The van der Waals surface area contributed by atoms with Crippen LogP contribution in [0.2, 0.25) is 0 Å². The normalized spacial score (nSPS) is 11.2. The van der Waals surface area contributed by atoms with E-state index in [0.717, 1.165) is 43.1 Å². The van der Waals surface area contributed by atoms with Crippen LogP contribution in [0.15, 0.2) is 165 Å². The molecular weight excluding hydrogens is 737 g/mol. The summed E-state index contributed by atoms with van der Waals surface area (Å²) in [7, 11) is -4.77. The zero-order valence-electron chi connectivity index (χ0n) is 31.0. The molecule has 0 amide bonds. The van der Waals surface area contributed by atoms with Gasteiger partial charge < -0.3 is 23.5 Å². The molecule has 0 N–H and O–H groups in total. The molecular formula is C43H42N2O8S2. The fourth-order valence-electron chi connectivity index (χ4n) is 4.96. The monoisotopic (exact) mass is 778 g/mol. The number of ether oxygens (including phenoxy) is 4. The van der Waals surface area contributed by atoms with Gasteiger partial charge in [-0.1, -0.05) is 42.0 Å². The van der Waals surface area contributed by atoms with Crippen molar-refractivity contribution in [1.82, 2.24) is 9.97 Å². The third-order valence-corrected chi connectivity index (χ3v) is 10.5. The van der Waals surface area contributed by atoms with Gasteiger partial charge in [0, 0.05) is 24.5 Å². The van der Waals surface area contributed by atoms with E-state index in [0.29, 0.717) is 19.0 Å². The molecule has 0 fully saturated rings. The Balaban J connectivity index is 0.000000454. The maximum atomic E-state index is 12.2. The van der Waals surface area contributed by atoms with Crippen molar-refractivity contribution in [3.05, 3.63) is 163 Å². The Labute approximate surface area is 325 Å². The average Bonchev–Trinajstić information content (AvgIpc) is 3.17. The second kappa shape index (κ2) is 19.1. The van der Waals surface area contributed by atoms with Crippen LogP contribution in [0.1, 0.15) is 37.7 Å². The summed E-state index contributed by atoms with van der Waals surface area (Å²) < 4.78 is 54.5. The van der Waals surface area contributed by atoms with E-state index >= 15 is 0 Å². The first-order chi connectivity index (χ1) is 26.3. The summed E-state index contributed by atoms with van der Waals surface area (Å²) in [5.74, 6) is 1.69. The van der Waals surface area contributed by atoms with Crippen LogP contribution in [0.4, 0.5) is 0 Å². The van der Waals surface area contributed by atoms with Gasteiger partial charge in [0.15, 0.2) is 21.3 Å². The number of carbonyl (C=O) groups is 1. The van der Waals surface area contributed by atoms with Crippen molar-refractivity contribution in [2.45, 2.75) is 66.1 Å². The third-order valence-electron chi connectivity index (χ3n) is 7.45. The number of aromatic nitrogens is 2. The molecule has 6 rings (SSSR count). The lowest BCUT2D eigenvalue weighted by Crippen LogP contribution is -2.27. The van der Waals surface area contributed by atoms with E-state index in [1.54, 1.807) is 24.5 Å². The Bertz CT molecular complexity index is 2140. The van der Waals surface area contributed by atoms with Crippen LogP contribution in [0.25, 0.3) is 0 Å². The molecule has 0 saturated carbocycles. The number of carbonyl (C=O) groups excluding carboxylic acids is 1. The summed E-state index contributed by atoms with van der Waals surface area (Å²) in [6.07, 6.45) is 3.52. The lowest BCUT2D eigenvalue weighted by Gasteiger charge is -2.19. The molecule has 0 aliphatic heterocycles. The van der Waals surface area contributed by atoms with Gasteiger partial charge in [0.05, 0.1) is 27.2 Å². The Hall–Kier alpha value is -5.69. The van der Waals surface area contributed by atoms with Crippen LogP contribution >= 0.6 is 0 Å². The van der Waals surface area contributed by atoms with E-state index < -0.39 is 32.6 Å². The molecule has 6 aromatic rings. The van der Waals surface area contributed by atoms with Gasteiger partial charge in [0.1, 0.15) is 46.2 Å². The van der Waals surface area contributed by atoms with Gasteiger partial charge in [-0.3, -0.25) is 9.97 Å². The van der Waals surface area contributed by atoms with Crippen molar-refractivity contribution < 1.29 is 36.7 Å². The Kier molecular flexibility index (Phi) is 14.0. The molecule has 12 heteroatoms. The molecule has 0 spiro atoms. The minimum Gasteiger partial charge on any atom is -0.744 e. The largest absolute Gasteiger partial charge is 0.744 e. The molecule has 0 unspecified atom stereocenters. The molecule has 0 atom stereocenters. The lowest BCUT2D eigenvalue weighted by atomic mass is 10.2. The topological polar surface area (TPSA) is 137 Å². The number of nitrogens with zero attached hydrogens (tertiary/aromatic N) is 2. The van der Waals surface area contributed by atoms with Crippen LogP contribution in [0, 0.1) is 6.92 Å². The van der Waals surface area contributed by atoms with Gasteiger partial charge >= 0.3 is 5.97 Å². The fourth-order valence-corrected chi connectivity index (χ4v) is 7.55. The number of aryl methyl sites for hydroxylation is 1. The molecule has 0 bridgehead atoms. The Morgan fingerprint density at radius 3 is 1.62 bits per heavy atom. The van der Waals surface area contributed by atoms with Gasteiger partial charge in [-0.15, -0.1) is 0 Å². The SMILES string of the molecule is CC(C)(C)OC(=O)COc1ccc([S+](c2cccc(OCc3ccccn3)c2)c2cccc(OCc3ccccn3)c2)cc1.Cc1ccc(S(=O)(=O)[O-])cc1. The van der Waals surface area contributed by atoms with Gasteiger partial charge in [-0.2, -0.15) is 0 Å². The van der Waals surface area contributed by atoms with Crippen molar-refractivity contribution in [2.24, 2.45) is 0 Å². The van der Waals surface area contributed by atoms with Crippen LogP contribution in [0.5, 0.6) is 17.2 Å². The molecule has 0 aliphatic carbocycles. The quantitative estimate of drug-likeness (QED) is 0.0639. The summed E-state index contributed by atoms with van der Waals surface area (Å²) in [5, 5.41) is 0. The van der Waals surface area contributed by atoms with Crippen molar-refractivity contribution in [1.29, 1.82) is 0 Å². The first-order valence-electron chi connectivity index (χ1n) is 17.3. The highest BCUT2D eigenvalue weighted by atomic mass is 32.2. The highest BCUT2D eigenvalue weighted by molar-refractivity contribution is 7.97. The Morgan fingerprint density at radius 2 is 1.16 bits per heavy atom. The van der Waals surface area contributed by atoms with E-state index in [1.165, 1.54) is 12.1 Å². The number of benzene rings is 4. The average molecular weight is 779 g/mol. The predicted octanol–water partition coefficient (Wildman–Crippen LogP) is 8.35. The number of hydrogen-bond donors (Lipinski definition) is 0. The molecule has 0 saturated heterocycles. The highest BCUT2D eigenvalue weighted by Gasteiger charge is 2.30. The van der Waals surface area contributed by atoms with E-state index in [2.05, 4.69) is 34.2 Å². The first-order valence-corrected chi connectivity index (χ1v) is 19.9. The summed E-state index contributed by atoms with van der Waals surface area (Å²) in [6.45, 7) is 7.90. The summed E-state index contributed by atoms with van der Waals surface area (Å²) in [4.78, 5) is 23.9. The highest BCUT2D eigenvalue weighted by Crippen LogP contribution is 2.35. The minimum atomic E-state index is -4.27. The molecule has 2 aromatic heterocycles. The zero-order valence-corrected chi connectivity index (χ0v) is 32.6. The van der Waals surface area contributed by atoms with Gasteiger partial charge in [-0.05, 0) is 113 Å². The maximum absolute atomic E-state index is 12.2. The predicted molar refractivity (Wildman–Crippen MR) is 209 cm³/mol. The van der Waals surface area contributed by atoms with Crippen molar-refractivity contribution in [3.63, 3.8) is 0 Å². The van der Waals surface area contributed by atoms with Crippen LogP contribution in [-0.2, 0) is 43.8 Å². The molecule has 0 aliphatic rings. The van der Waals surface area contributed by atoms with Gasteiger partial charge in [0.25, 0.3) is 0 Å². The molecule has 4 aromatic carbocycles. The van der Waals surface area contributed by atoms with Crippen LogP contribution < -0.4 is 14.2 Å². The molecule has 10 nitrogen and oxygen atoms in total. The summed E-state index contributed by atoms with van der Waals surface area (Å²) in [6, 6.07) is 41.4. The van der Waals surface area contributed by atoms with Crippen molar-refractivity contribution >= 4 is 27.0 Å². The molecule has 2 heterocycles. The van der Waals surface area contributed by atoms with E-state index in [4.69, 9.17) is 18.9 Å². The standard InChI is InChI=1S/C36H35N2O5S.C7H8O3S/c1-36(2,3)43-35(39)26-42-29-16-18-32(19-17-29)44(33-14-8-12-30(22-33)40-24-27-10-4-6-20-37-27)34-15-9-13-31(23-34)41-25-28-11-5-7-21-38-28;1-6-2-4-7(5-3-6)11(8,9)10/h4-23H,24-26H2,1-3H3;2-5H,1H3,(H,8,9,10)/q+1;/p-1. The number of rotatable bonds is 13. The molecule has 284 valence electrons. The smallest absolute Gasteiger partial charge is 0.344 e. The number of esters is 1. The lowest BCUT2D eigenvalue weighted by molar-refractivity contribution is -0.157.